The van der Waals surface area contributed by atoms with Gasteiger partial charge in [0.15, 0.2) is 0 Å². The third-order valence-electron chi connectivity index (χ3n) is 4.00. The molecule has 1 nitrogen and oxygen atoms in total. The third-order valence-corrected chi connectivity index (χ3v) is 4.88. The quantitative estimate of drug-likeness (QED) is 0.780. The molecule has 2 aromatic rings. The second-order valence-corrected chi connectivity index (χ2v) is 6.03. The standard InChI is InChI=1S/C18H21BrFN/c1-3-15(13-8-5-4-6-9-13)17(21-2)12-14-10-7-11-16(20)18(14)19/h4-11,15,17,21H,3,12H2,1-2H3. The first-order valence-electron chi connectivity index (χ1n) is 7.32. The highest BCUT2D eigenvalue weighted by atomic mass is 79.9. The van der Waals surface area contributed by atoms with E-state index in [1.807, 2.05) is 19.2 Å². The van der Waals surface area contributed by atoms with Crippen LogP contribution in [-0.2, 0) is 6.42 Å². The minimum absolute atomic E-state index is 0.199. The van der Waals surface area contributed by atoms with Crippen LogP contribution in [-0.4, -0.2) is 13.1 Å². The maximum atomic E-state index is 13.7. The van der Waals surface area contributed by atoms with Gasteiger partial charge in [0.05, 0.1) is 4.47 Å². The molecule has 3 heteroatoms. The Hall–Kier alpha value is -1.19. The van der Waals surface area contributed by atoms with E-state index in [2.05, 4.69) is 52.4 Å². The summed E-state index contributed by atoms with van der Waals surface area (Å²) in [6.07, 6.45) is 1.84. The molecule has 0 radical (unpaired) electrons. The number of halogens is 2. The molecule has 0 saturated heterocycles. The van der Waals surface area contributed by atoms with Crippen LogP contribution in [0.3, 0.4) is 0 Å². The zero-order valence-corrected chi connectivity index (χ0v) is 14.0. The highest BCUT2D eigenvalue weighted by molar-refractivity contribution is 9.10. The van der Waals surface area contributed by atoms with Crippen LogP contribution >= 0.6 is 15.9 Å². The second-order valence-electron chi connectivity index (χ2n) is 5.24. The molecule has 2 unspecified atom stereocenters. The molecule has 21 heavy (non-hydrogen) atoms. The van der Waals surface area contributed by atoms with Gasteiger partial charge in [-0.1, -0.05) is 49.4 Å². The summed E-state index contributed by atoms with van der Waals surface area (Å²) >= 11 is 3.36. The van der Waals surface area contributed by atoms with Gasteiger partial charge in [-0.15, -0.1) is 0 Å². The van der Waals surface area contributed by atoms with E-state index in [9.17, 15) is 4.39 Å². The van der Waals surface area contributed by atoms with Crippen molar-refractivity contribution in [3.05, 3.63) is 69.9 Å². The lowest BCUT2D eigenvalue weighted by molar-refractivity contribution is 0.447. The van der Waals surface area contributed by atoms with Crippen LogP contribution in [0.15, 0.2) is 53.0 Å². The highest BCUT2D eigenvalue weighted by Crippen LogP contribution is 2.28. The van der Waals surface area contributed by atoms with E-state index in [1.54, 1.807) is 6.07 Å². The Morgan fingerprint density at radius 2 is 1.81 bits per heavy atom. The molecule has 0 fully saturated rings. The van der Waals surface area contributed by atoms with Gasteiger partial charge in [-0.25, -0.2) is 4.39 Å². The predicted octanol–water partition coefficient (Wildman–Crippen LogP) is 4.91. The van der Waals surface area contributed by atoms with Crippen molar-refractivity contribution in [3.8, 4) is 0 Å². The van der Waals surface area contributed by atoms with Gasteiger partial charge < -0.3 is 5.32 Å². The smallest absolute Gasteiger partial charge is 0.137 e. The predicted molar refractivity (Wildman–Crippen MR) is 90.1 cm³/mol. The third kappa shape index (κ3) is 3.92. The Labute approximate surface area is 134 Å². The number of likely N-dealkylation sites (N-methyl/N-ethyl adjacent to an activating group) is 1. The lowest BCUT2D eigenvalue weighted by Gasteiger charge is -2.27. The molecular weight excluding hydrogens is 329 g/mol. The molecule has 2 atom stereocenters. The Bertz CT molecular complexity index is 571. The van der Waals surface area contributed by atoms with Gasteiger partial charge in [-0.2, -0.15) is 0 Å². The summed E-state index contributed by atoms with van der Waals surface area (Å²) < 4.78 is 14.2. The Morgan fingerprint density at radius 3 is 2.43 bits per heavy atom. The molecule has 0 saturated carbocycles. The largest absolute Gasteiger partial charge is 0.316 e. The molecule has 0 amide bonds. The maximum Gasteiger partial charge on any atom is 0.137 e. The molecule has 0 heterocycles. The van der Waals surface area contributed by atoms with Crippen molar-refractivity contribution in [3.63, 3.8) is 0 Å². The fraction of sp³-hybridized carbons (Fsp3) is 0.333. The van der Waals surface area contributed by atoms with Crippen molar-refractivity contribution in [1.29, 1.82) is 0 Å². The molecule has 1 N–H and O–H groups in total. The lowest BCUT2D eigenvalue weighted by atomic mass is 9.86. The van der Waals surface area contributed by atoms with E-state index in [0.717, 1.165) is 18.4 Å². The Balaban J connectivity index is 2.24. The van der Waals surface area contributed by atoms with Gasteiger partial charge in [0.1, 0.15) is 5.82 Å². The summed E-state index contributed by atoms with van der Waals surface area (Å²) in [5.41, 5.74) is 2.33. The van der Waals surface area contributed by atoms with Crippen LogP contribution in [0.4, 0.5) is 4.39 Å². The summed E-state index contributed by atoms with van der Waals surface area (Å²) in [5.74, 6) is 0.210. The first-order valence-corrected chi connectivity index (χ1v) is 8.11. The normalized spacial score (nSPS) is 13.9. The summed E-state index contributed by atoms with van der Waals surface area (Å²) in [7, 11) is 1.98. The molecule has 112 valence electrons. The minimum Gasteiger partial charge on any atom is -0.316 e. The summed E-state index contributed by atoms with van der Waals surface area (Å²) in [6.45, 7) is 2.20. The van der Waals surface area contributed by atoms with E-state index in [0.29, 0.717) is 10.4 Å². The fourth-order valence-electron chi connectivity index (χ4n) is 2.84. The summed E-state index contributed by atoms with van der Waals surface area (Å²) in [4.78, 5) is 0. The Morgan fingerprint density at radius 1 is 1.10 bits per heavy atom. The van der Waals surface area contributed by atoms with Gasteiger partial charge in [-0.3, -0.25) is 0 Å². The van der Waals surface area contributed by atoms with Crippen LogP contribution in [0.25, 0.3) is 0 Å². The zero-order valence-electron chi connectivity index (χ0n) is 12.4. The van der Waals surface area contributed by atoms with Crippen molar-refractivity contribution in [2.75, 3.05) is 7.05 Å². The lowest BCUT2D eigenvalue weighted by Crippen LogP contribution is -2.34. The van der Waals surface area contributed by atoms with E-state index in [1.165, 1.54) is 11.6 Å². The minimum atomic E-state index is -0.199. The fourth-order valence-corrected chi connectivity index (χ4v) is 3.27. The molecule has 2 aromatic carbocycles. The van der Waals surface area contributed by atoms with Crippen molar-refractivity contribution in [2.24, 2.45) is 0 Å². The van der Waals surface area contributed by atoms with Gasteiger partial charge >= 0.3 is 0 Å². The van der Waals surface area contributed by atoms with Crippen LogP contribution in [0.1, 0.15) is 30.4 Å². The monoisotopic (exact) mass is 349 g/mol. The summed E-state index contributed by atoms with van der Waals surface area (Å²) in [5, 5.41) is 3.40. The van der Waals surface area contributed by atoms with Crippen molar-refractivity contribution in [1.82, 2.24) is 5.32 Å². The second kappa shape index (κ2) is 7.71. The Kier molecular flexibility index (Phi) is 5.95. The molecule has 0 aliphatic rings. The van der Waals surface area contributed by atoms with Crippen molar-refractivity contribution >= 4 is 15.9 Å². The number of nitrogens with one attached hydrogen (secondary N) is 1. The molecule has 0 aliphatic heterocycles. The van der Waals surface area contributed by atoms with Crippen LogP contribution in [0.5, 0.6) is 0 Å². The van der Waals surface area contributed by atoms with Crippen molar-refractivity contribution < 1.29 is 4.39 Å². The van der Waals surface area contributed by atoms with Gasteiger partial charge in [0.2, 0.25) is 0 Å². The van der Waals surface area contributed by atoms with Crippen LogP contribution < -0.4 is 5.32 Å². The molecular formula is C18H21BrFN. The maximum absolute atomic E-state index is 13.7. The van der Waals surface area contributed by atoms with Crippen LogP contribution in [0.2, 0.25) is 0 Å². The van der Waals surface area contributed by atoms with E-state index < -0.39 is 0 Å². The van der Waals surface area contributed by atoms with E-state index in [4.69, 9.17) is 0 Å². The highest BCUT2D eigenvalue weighted by Gasteiger charge is 2.21. The average Bonchev–Trinajstić information content (AvgIpc) is 2.52. The number of hydrogen-bond acceptors (Lipinski definition) is 1. The number of benzene rings is 2. The molecule has 0 aromatic heterocycles. The van der Waals surface area contributed by atoms with Crippen molar-refractivity contribution in [2.45, 2.75) is 31.7 Å². The topological polar surface area (TPSA) is 12.0 Å². The molecule has 2 rings (SSSR count). The SMILES string of the molecule is CCC(c1ccccc1)C(Cc1cccc(F)c1Br)NC. The molecule has 0 bridgehead atoms. The first kappa shape index (κ1) is 16.2. The van der Waals surface area contributed by atoms with Gasteiger partial charge in [-0.05, 0) is 58.9 Å². The van der Waals surface area contributed by atoms with E-state index >= 15 is 0 Å². The molecule has 0 aliphatic carbocycles. The number of hydrogen-bond donors (Lipinski definition) is 1. The van der Waals surface area contributed by atoms with Gasteiger partial charge in [0, 0.05) is 6.04 Å². The van der Waals surface area contributed by atoms with Crippen LogP contribution in [0, 0.1) is 5.82 Å². The zero-order chi connectivity index (χ0) is 15.2. The van der Waals surface area contributed by atoms with E-state index in [-0.39, 0.29) is 11.9 Å². The number of rotatable bonds is 6. The first-order chi connectivity index (χ1) is 10.2. The molecule has 0 spiro atoms. The average molecular weight is 350 g/mol. The van der Waals surface area contributed by atoms with Gasteiger partial charge in [0.25, 0.3) is 0 Å². The summed E-state index contributed by atoms with van der Waals surface area (Å²) in [6, 6.07) is 16.0.